The van der Waals surface area contributed by atoms with E-state index in [4.69, 9.17) is 0 Å². The van der Waals surface area contributed by atoms with Crippen molar-refractivity contribution in [1.82, 2.24) is 10.6 Å². The number of hydrogen-bond acceptors (Lipinski definition) is 3. The number of carbonyl (C=O) groups excluding carboxylic acids is 2. The van der Waals surface area contributed by atoms with Crippen LogP contribution in [-0.2, 0) is 22.4 Å². The summed E-state index contributed by atoms with van der Waals surface area (Å²) in [5, 5.41) is 6.30. The van der Waals surface area contributed by atoms with Crippen LogP contribution in [0.25, 0.3) is 0 Å². The highest BCUT2D eigenvalue weighted by atomic mass is 32.2. The maximum Gasteiger partial charge on any atom is 0.230 e. The van der Waals surface area contributed by atoms with E-state index in [9.17, 15) is 9.59 Å². The Morgan fingerprint density at radius 2 is 1.21 bits per heavy atom. The van der Waals surface area contributed by atoms with Crippen molar-refractivity contribution in [1.29, 1.82) is 0 Å². The first-order valence-electron chi connectivity index (χ1n) is 10.5. The predicted molar refractivity (Wildman–Crippen MR) is 118 cm³/mol. The maximum atomic E-state index is 12.4. The zero-order chi connectivity index (χ0) is 20.1. The molecular weight excluding hydrogens is 380 g/mol. The van der Waals surface area contributed by atoms with Gasteiger partial charge in [-0.15, -0.1) is 11.8 Å². The second kappa shape index (κ2) is 9.49. The van der Waals surface area contributed by atoms with Gasteiger partial charge in [-0.25, -0.2) is 0 Å². The van der Waals surface area contributed by atoms with Crippen LogP contribution in [0.4, 0.5) is 0 Å². The smallest absolute Gasteiger partial charge is 0.230 e. The molecular formula is C24H28N2O2S. The lowest BCUT2D eigenvalue weighted by Crippen LogP contribution is -2.34. The molecule has 2 aromatic carbocycles. The van der Waals surface area contributed by atoms with Crippen molar-refractivity contribution in [2.45, 2.75) is 50.6 Å². The standard InChI is InChI=1S/C24H28N2O2S/c27-23(25-21-13-5-9-17-7-1-3-11-19(17)21)15-29-16-24(28)26-22-14-6-10-18-8-2-4-12-20(18)22/h1-4,7-8,11-12,21-22H,5-6,9-10,13-16H2,(H,25,27)(H,26,28)/t21-,22-/m0/s1. The van der Waals surface area contributed by atoms with Crippen LogP contribution in [0.3, 0.4) is 0 Å². The molecule has 2 N–H and O–H groups in total. The molecule has 2 aromatic rings. The lowest BCUT2D eigenvalue weighted by molar-refractivity contribution is -0.119. The number of amides is 2. The van der Waals surface area contributed by atoms with Crippen LogP contribution in [0, 0.1) is 0 Å². The number of hydrogen-bond donors (Lipinski definition) is 2. The number of aryl methyl sites for hydroxylation is 2. The van der Waals surface area contributed by atoms with E-state index in [0.717, 1.165) is 38.5 Å². The van der Waals surface area contributed by atoms with Gasteiger partial charge in [-0.2, -0.15) is 0 Å². The Hall–Kier alpha value is -2.27. The Kier molecular flexibility index (Phi) is 6.55. The minimum atomic E-state index is 0.00696. The number of fused-ring (bicyclic) bond motifs is 2. The topological polar surface area (TPSA) is 58.2 Å². The molecule has 4 rings (SSSR count). The van der Waals surface area contributed by atoms with Gasteiger partial charge in [0, 0.05) is 0 Å². The van der Waals surface area contributed by atoms with Crippen LogP contribution in [0.15, 0.2) is 48.5 Å². The summed E-state index contributed by atoms with van der Waals surface area (Å²) >= 11 is 1.39. The highest BCUT2D eigenvalue weighted by Gasteiger charge is 2.23. The van der Waals surface area contributed by atoms with Crippen LogP contribution in [0.2, 0.25) is 0 Å². The quantitative estimate of drug-likeness (QED) is 0.756. The van der Waals surface area contributed by atoms with E-state index < -0.39 is 0 Å². The highest BCUT2D eigenvalue weighted by molar-refractivity contribution is 8.00. The molecule has 0 radical (unpaired) electrons. The minimum Gasteiger partial charge on any atom is -0.349 e. The Morgan fingerprint density at radius 1 is 0.759 bits per heavy atom. The molecule has 152 valence electrons. The lowest BCUT2D eigenvalue weighted by atomic mass is 9.88. The molecule has 0 saturated heterocycles. The zero-order valence-corrected chi connectivity index (χ0v) is 17.5. The average Bonchev–Trinajstić information content (AvgIpc) is 2.74. The number of thioether (sulfide) groups is 1. The fourth-order valence-corrected chi connectivity index (χ4v) is 5.16. The van der Waals surface area contributed by atoms with Gasteiger partial charge in [-0.3, -0.25) is 9.59 Å². The Labute approximate surface area is 176 Å². The molecule has 0 fully saturated rings. The molecule has 2 aliphatic rings. The van der Waals surface area contributed by atoms with E-state index >= 15 is 0 Å². The summed E-state index contributed by atoms with van der Waals surface area (Å²) in [7, 11) is 0. The van der Waals surface area contributed by atoms with Crippen molar-refractivity contribution < 1.29 is 9.59 Å². The first kappa shape index (κ1) is 20.0. The van der Waals surface area contributed by atoms with E-state index in [0.29, 0.717) is 11.5 Å². The summed E-state index contributed by atoms with van der Waals surface area (Å²) < 4.78 is 0. The van der Waals surface area contributed by atoms with E-state index in [1.54, 1.807) is 0 Å². The third kappa shape index (κ3) is 5.02. The van der Waals surface area contributed by atoms with E-state index in [-0.39, 0.29) is 23.9 Å². The van der Waals surface area contributed by atoms with E-state index in [2.05, 4.69) is 47.0 Å². The molecule has 0 unspecified atom stereocenters. The second-order valence-corrected chi connectivity index (χ2v) is 8.90. The number of rotatable bonds is 6. The van der Waals surface area contributed by atoms with Gasteiger partial charge in [0.25, 0.3) is 0 Å². The fraction of sp³-hybridized carbons (Fsp3) is 0.417. The average molecular weight is 409 g/mol. The molecule has 0 spiro atoms. The molecule has 0 saturated carbocycles. The predicted octanol–water partition coefficient (Wildman–Crippen LogP) is 4.11. The first-order valence-corrected chi connectivity index (χ1v) is 11.7. The van der Waals surface area contributed by atoms with Crippen molar-refractivity contribution in [2.75, 3.05) is 11.5 Å². The van der Waals surface area contributed by atoms with Gasteiger partial charge in [0.15, 0.2) is 0 Å². The normalized spacial score (nSPS) is 20.3. The van der Waals surface area contributed by atoms with Crippen LogP contribution >= 0.6 is 11.8 Å². The zero-order valence-electron chi connectivity index (χ0n) is 16.7. The van der Waals surface area contributed by atoms with Gasteiger partial charge in [-0.05, 0) is 60.8 Å². The van der Waals surface area contributed by atoms with Crippen LogP contribution in [-0.4, -0.2) is 23.3 Å². The molecule has 0 heterocycles. The highest BCUT2D eigenvalue weighted by Crippen LogP contribution is 2.30. The summed E-state index contributed by atoms with van der Waals surface area (Å²) in [6.45, 7) is 0. The van der Waals surface area contributed by atoms with Crippen LogP contribution in [0.5, 0.6) is 0 Å². The van der Waals surface area contributed by atoms with Gasteiger partial charge >= 0.3 is 0 Å². The van der Waals surface area contributed by atoms with Crippen molar-refractivity contribution in [3.05, 3.63) is 70.8 Å². The number of carbonyl (C=O) groups is 2. The molecule has 0 aliphatic heterocycles. The largest absolute Gasteiger partial charge is 0.349 e. The van der Waals surface area contributed by atoms with Gasteiger partial charge in [-0.1, -0.05) is 48.5 Å². The second-order valence-electron chi connectivity index (χ2n) is 7.92. The summed E-state index contributed by atoms with van der Waals surface area (Å²) in [5.74, 6) is 0.640. The van der Waals surface area contributed by atoms with Crippen LogP contribution in [0.1, 0.15) is 60.0 Å². The Morgan fingerprint density at radius 3 is 1.69 bits per heavy atom. The molecule has 5 heteroatoms. The molecule has 2 amide bonds. The number of benzene rings is 2. The maximum absolute atomic E-state index is 12.4. The van der Waals surface area contributed by atoms with Crippen LogP contribution < -0.4 is 10.6 Å². The van der Waals surface area contributed by atoms with Gasteiger partial charge in [0.2, 0.25) is 11.8 Å². The molecule has 4 nitrogen and oxygen atoms in total. The van der Waals surface area contributed by atoms with Gasteiger partial charge in [0.1, 0.15) is 0 Å². The third-order valence-corrected chi connectivity index (χ3v) is 6.81. The lowest BCUT2D eigenvalue weighted by Gasteiger charge is -2.26. The van der Waals surface area contributed by atoms with E-state index in [1.165, 1.54) is 34.0 Å². The minimum absolute atomic E-state index is 0.00696. The van der Waals surface area contributed by atoms with E-state index in [1.807, 2.05) is 12.1 Å². The van der Waals surface area contributed by atoms with Crippen molar-refractivity contribution >= 4 is 23.6 Å². The summed E-state index contributed by atoms with van der Waals surface area (Å²) in [4.78, 5) is 24.8. The van der Waals surface area contributed by atoms with Crippen molar-refractivity contribution in [3.8, 4) is 0 Å². The van der Waals surface area contributed by atoms with Crippen molar-refractivity contribution in [2.24, 2.45) is 0 Å². The SMILES string of the molecule is O=C(CSCC(=O)N[C@H]1CCCc2ccccc21)N[C@H]1CCCc2ccccc21. The van der Waals surface area contributed by atoms with Gasteiger partial charge in [0.05, 0.1) is 23.6 Å². The monoisotopic (exact) mass is 408 g/mol. The molecule has 2 aliphatic carbocycles. The third-order valence-electron chi connectivity index (χ3n) is 5.88. The van der Waals surface area contributed by atoms with Crippen molar-refractivity contribution in [3.63, 3.8) is 0 Å². The molecule has 0 aromatic heterocycles. The fourth-order valence-electron chi connectivity index (χ4n) is 4.52. The molecule has 29 heavy (non-hydrogen) atoms. The first-order chi connectivity index (χ1) is 14.2. The summed E-state index contributed by atoms with van der Waals surface area (Å²) in [5.41, 5.74) is 5.16. The Balaban J connectivity index is 1.23. The summed E-state index contributed by atoms with van der Waals surface area (Å²) in [6, 6.07) is 16.9. The number of nitrogens with one attached hydrogen (secondary N) is 2. The van der Waals surface area contributed by atoms with Gasteiger partial charge < -0.3 is 10.6 Å². The molecule has 2 atom stereocenters. The Bertz CT molecular complexity index is 811. The summed E-state index contributed by atoms with van der Waals surface area (Å²) in [6.07, 6.45) is 6.33. The molecule has 0 bridgehead atoms.